The van der Waals surface area contributed by atoms with Crippen molar-refractivity contribution in [1.29, 1.82) is 0 Å². The average molecular weight is 426 g/mol. The van der Waals surface area contributed by atoms with E-state index in [0.29, 0.717) is 17.4 Å². The molecule has 10 heteroatoms. The van der Waals surface area contributed by atoms with Gasteiger partial charge in [-0.2, -0.15) is 0 Å². The molecule has 0 bridgehead atoms. The minimum atomic E-state index is -0.465. The van der Waals surface area contributed by atoms with Gasteiger partial charge in [-0.25, -0.2) is 4.98 Å². The Hall–Kier alpha value is -0.930. The first-order valence-corrected chi connectivity index (χ1v) is 9.18. The number of carbonyl (C=O) groups is 2. The van der Waals surface area contributed by atoms with E-state index in [2.05, 4.69) is 25.8 Å². The maximum atomic E-state index is 12.0. The van der Waals surface area contributed by atoms with Crippen LogP contribution >= 0.6 is 36.2 Å². The Morgan fingerprint density at radius 1 is 1.27 bits per heavy atom. The van der Waals surface area contributed by atoms with Crippen molar-refractivity contribution in [1.82, 2.24) is 20.5 Å². The van der Waals surface area contributed by atoms with Crippen LogP contribution in [0.3, 0.4) is 0 Å². The van der Waals surface area contributed by atoms with Crippen LogP contribution in [0, 0.1) is 5.41 Å². The van der Waals surface area contributed by atoms with Gasteiger partial charge in [0.05, 0.1) is 12.1 Å². The van der Waals surface area contributed by atoms with Gasteiger partial charge in [0.2, 0.25) is 11.8 Å². The number of hydrogen-bond donors (Lipinski definition) is 3. The number of anilines is 1. The smallest absolute Gasteiger partial charge is 0.231 e. The molecular weight excluding hydrogens is 397 g/mol. The molecule has 0 aliphatic carbocycles. The molecule has 3 N–H and O–H groups in total. The molecule has 26 heavy (non-hydrogen) atoms. The van der Waals surface area contributed by atoms with E-state index in [1.807, 2.05) is 26.2 Å². The molecule has 1 saturated heterocycles. The van der Waals surface area contributed by atoms with Gasteiger partial charge in [0.25, 0.3) is 0 Å². The molecule has 0 radical (unpaired) electrons. The van der Waals surface area contributed by atoms with Crippen molar-refractivity contribution in [3.05, 3.63) is 11.1 Å². The quantitative estimate of drug-likeness (QED) is 0.643. The number of halogens is 2. The number of piperazine rings is 1. The predicted octanol–water partition coefficient (Wildman–Crippen LogP) is 1.54. The highest BCUT2D eigenvalue weighted by atomic mass is 35.5. The van der Waals surface area contributed by atoms with Crippen LogP contribution in [0.15, 0.2) is 5.38 Å². The number of nitrogens with zero attached hydrogens (tertiary/aromatic N) is 2. The average Bonchev–Trinajstić information content (AvgIpc) is 2.94. The molecule has 150 valence electrons. The molecule has 2 rings (SSSR count). The van der Waals surface area contributed by atoms with Gasteiger partial charge < -0.3 is 16.0 Å². The lowest BCUT2D eigenvalue weighted by Gasteiger charge is -2.27. The van der Waals surface area contributed by atoms with Gasteiger partial charge in [-0.05, 0) is 0 Å². The minimum absolute atomic E-state index is 0. The fourth-order valence-electron chi connectivity index (χ4n) is 2.25. The van der Waals surface area contributed by atoms with Gasteiger partial charge in [0.15, 0.2) is 5.13 Å². The zero-order chi connectivity index (χ0) is 17.6. The second-order valence-electron chi connectivity index (χ2n) is 6.97. The maximum absolute atomic E-state index is 12.0. The molecule has 1 aliphatic heterocycles. The summed E-state index contributed by atoms with van der Waals surface area (Å²) >= 11 is 1.34. The molecule has 7 nitrogen and oxygen atoms in total. The van der Waals surface area contributed by atoms with Crippen LogP contribution in [0.5, 0.6) is 0 Å². The lowest BCUT2D eigenvalue weighted by atomic mass is 9.96. The fraction of sp³-hybridized carbons (Fsp3) is 0.688. The normalized spacial score (nSPS) is 14.7. The van der Waals surface area contributed by atoms with E-state index in [0.717, 1.165) is 32.7 Å². The van der Waals surface area contributed by atoms with Crippen molar-refractivity contribution < 1.29 is 9.59 Å². The Labute approximate surface area is 171 Å². The molecule has 1 aromatic heterocycles. The van der Waals surface area contributed by atoms with E-state index in [9.17, 15) is 9.59 Å². The zero-order valence-corrected chi connectivity index (χ0v) is 17.9. The van der Waals surface area contributed by atoms with Crippen LogP contribution < -0.4 is 16.0 Å². The number of hydrogen-bond acceptors (Lipinski definition) is 6. The Morgan fingerprint density at radius 3 is 2.54 bits per heavy atom. The van der Waals surface area contributed by atoms with E-state index in [-0.39, 0.29) is 43.0 Å². The third-order valence-electron chi connectivity index (χ3n) is 3.75. The molecule has 1 aliphatic rings. The number of nitrogens with one attached hydrogen (secondary N) is 3. The summed E-state index contributed by atoms with van der Waals surface area (Å²) in [5.74, 6) is -0.118. The van der Waals surface area contributed by atoms with E-state index in [4.69, 9.17) is 0 Å². The van der Waals surface area contributed by atoms with Crippen LogP contribution in [0.2, 0.25) is 0 Å². The Bertz CT molecular complexity index is 571. The maximum Gasteiger partial charge on any atom is 0.231 e. The first-order valence-electron chi connectivity index (χ1n) is 8.30. The van der Waals surface area contributed by atoms with Crippen molar-refractivity contribution in [2.75, 3.05) is 44.6 Å². The number of thiazole rings is 1. The molecule has 0 atom stereocenters. The Morgan fingerprint density at radius 2 is 1.92 bits per heavy atom. The highest BCUT2D eigenvalue weighted by Crippen LogP contribution is 2.20. The van der Waals surface area contributed by atoms with Crippen LogP contribution in [0.1, 0.15) is 26.5 Å². The molecule has 1 fully saturated rings. The predicted molar refractivity (Wildman–Crippen MR) is 111 cm³/mol. The van der Waals surface area contributed by atoms with Gasteiger partial charge in [-0.1, -0.05) is 20.8 Å². The first-order chi connectivity index (χ1) is 11.3. The zero-order valence-electron chi connectivity index (χ0n) is 15.5. The standard InChI is InChI=1S/C16H27N5O2S.2ClH/c1-16(2,3)14(23)20-15-19-12(11-24-15)10-13(22)18-6-9-21-7-4-17-5-8-21;;/h11,17H,4-10H2,1-3H3,(H,18,22)(H,19,20,23);2*1H. The second kappa shape index (κ2) is 11.7. The van der Waals surface area contributed by atoms with E-state index < -0.39 is 5.41 Å². The van der Waals surface area contributed by atoms with Gasteiger partial charge in [-0.3, -0.25) is 14.5 Å². The number of amides is 2. The van der Waals surface area contributed by atoms with Crippen LogP contribution in [-0.4, -0.2) is 61.0 Å². The van der Waals surface area contributed by atoms with E-state index >= 15 is 0 Å². The number of carbonyl (C=O) groups excluding carboxylic acids is 2. The highest BCUT2D eigenvalue weighted by molar-refractivity contribution is 7.13. The Balaban J connectivity index is 0.00000312. The highest BCUT2D eigenvalue weighted by Gasteiger charge is 2.22. The topological polar surface area (TPSA) is 86.4 Å². The van der Waals surface area contributed by atoms with Gasteiger partial charge in [0, 0.05) is 50.1 Å². The van der Waals surface area contributed by atoms with Gasteiger partial charge in [0.1, 0.15) is 0 Å². The molecule has 1 aromatic rings. The summed E-state index contributed by atoms with van der Waals surface area (Å²) in [6, 6.07) is 0. The summed E-state index contributed by atoms with van der Waals surface area (Å²) in [5, 5.41) is 11.4. The lowest BCUT2D eigenvalue weighted by molar-refractivity contribution is -0.123. The van der Waals surface area contributed by atoms with E-state index in [1.54, 1.807) is 0 Å². The van der Waals surface area contributed by atoms with Gasteiger partial charge in [-0.15, -0.1) is 36.2 Å². The second-order valence-corrected chi connectivity index (χ2v) is 7.82. The molecule has 0 saturated carbocycles. The third-order valence-corrected chi connectivity index (χ3v) is 4.56. The number of aromatic nitrogens is 1. The van der Waals surface area contributed by atoms with Crippen molar-refractivity contribution in [2.24, 2.45) is 5.41 Å². The summed E-state index contributed by atoms with van der Waals surface area (Å²) in [6.45, 7) is 11.1. The summed E-state index contributed by atoms with van der Waals surface area (Å²) in [6.07, 6.45) is 0.240. The summed E-state index contributed by atoms with van der Waals surface area (Å²) < 4.78 is 0. The lowest BCUT2D eigenvalue weighted by Crippen LogP contribution is -2.46. The van der Waals surface area contributed by atoms with Gasteiger partial charge >= 0.3 is 0 Å². The molecular formula is C16H29Cl2N5O2S. The van der Waals surface area contributed by atoms with Crippen molar-refractivity contribution >= 4 is 53.1 Å². The monoisotopic (exact) mass is 425 g/mol. The van der Waals surface area contributed by atoms with Crippen molar-refractivity contribution in [3.63, 3.8) is 0 Å². The minimum Gasteiger partial charge on any atom is -0.354 e. The molecule has 0 spiro atoms. The van der Waals surface area contributed by atoms with Crippen LogP contribution in [0.4, 0.5) is 5.13 Å². The molecule has 2 amide bonds. The largest absolute Gasteiger partial charge is 0.354 e. The summed E-state index contributed by atoms with van der Waals surface area (Å²) in [7, 11) is 0. The molecule has 0 aromatic carbocycles. The fourth-order valence-corrected chi connectivity index (χ4v) is 2.95. The van der Waals surface area contributed by atoms with Crippen molar-refractivity contribution in [3.8, 4) is 0 Å². The van der Waals surface area contributed by atoms with Crippen LogP contribution in [0.25, 0.3) is 0 Å². The molecule has 0 unspecified atom stereocenters. The third kappa shape index (κ3) is 8.64. The SMILES string of the molecule is CC(C)(C)C(=O)Nc1nc(CC(=O)NCCN2CCNCC2)cs1.Cl.Cl. The Kier molecular flexibility index (Phi) is 11.3. The van der Waals surface area contributed by atoms with Crippen molar-refractivity contribution in [2.45, 2.75) is 27.2 Å². The molecule has 2 heterocycles. The van der Waals surface area contributed by atoms with E-state index in [1.165, 1.54) is 11.3 Å². The summed E-state index contributed by atoms with van der Waals surface area (Å²) in [5.41, 5.74) is 0.219. The first kappa shape index (κ1) is 25.1. The van der Waals surface area contributed by atoms with Crippen LogP contribution in [-0.2, 0) is 16.0 Å². The summed E-state index contributed by atoms with van der Waals surface area (Å²) in [4.78, 5) is 30.5. The number of rotatable bonds is 6.